The van der Waals surface area contributed by atoms with Crippen LogP contribution in [0.4, 0.5) is 5.82 Å². The Morgan fingerprint density at radius 2 is 2.00 bits per heavy atom. The van der Waals surface area contributed by atoms with Gasteiger partial charge in [0, 0.05) is 6.04 Å². The van der Waals surface area contributed by atoms with Crippen LogP contribution in [0.3, 0.4) is 0 Å². The molecule has 1 aromatic carbocycles. The first kappa shape index (κ1) is 29.0. The van der Waals surface area contributed by atoms with Crippen LogP contribution in [0.5, 0.6) is 5.75 Å². The molecule has 1 unspecified atom stereocenters. The second kappa shape index (κ2) is 12.1. The van der Waals surface area contributed by atoms with Gasteiger partial charge >= 0.3 is 13.7 Å². The van der Waals surface area contributed by atoms with Crippen LogP contribution in [0.15, 0.2) is 48.8 Å². The van der Waals surface area contributed by atoms with Gasteiger partial charge in [0.1, 0.15) is 48.5 Å². The number of ether oxygens (including phenoxy) is 2. The maximum atomic E-state index is 14.0. The van der Waals surface area contributed by atoms with Crippen LogP contribution >= 0.6 is 7.75 Å². The first-order valence-electron chi connectivity index (χ1n) is 13.6. The third-order valence-corrected chi connectivity index (χ3v) is 8.99. The molecule has 2 fully saturated rings. The smallest absolute Gasteiger partial charge is 0.459 e. The summed E-state index contributed by atoms with van der Waals surface area (Å²) in [5.41, 5.74) is 11.8. The third kappa shape index (κ3) is 6.69. The number of nitrogens with one attached hydrogen (secondary N) is 1. The predicted molar refractivity (Wildman–Crippen MR) is 148 cm³/mol. The Morgan fingerprint density at radius 1 is 1.24 bits per heavy atom. The van der Waals surface area contributed by atoms with Crippen LogP contribution in [-0.4, -0.2) is 51.0 Å². The zero-order valence-electron chi connectivity index (χ0n) is 22.7. The number of anilines is 1. The summed E-state index contributed by atoms with van der Waals surface area (Å²) >= 11 is 0. The van der Waals surface area contributed by atoms with Crippen LogP contribution < -0.4 is 21.1 Å². The van der Waals surface area contributed by atoms with E-state index in [4.69, 9.17) is 30.0 Å². The van der Waals surface area contributed by atoms with Gasteiger partial charge in [0.15, 0.2) is 11.4 Å². The van der Waals surface area contributed by atoms with E-state index in [1.54, 1.807) is 40.9 Å². The summed E-state index contributed by atoms with van der Waals surface area (Å²) < 4.78 is 39.0. The van der Waals surface area contributed by atoms with Crippen molar-refractivity contribution in [3.05, 3.63) is 54.5 Å². The molecule has 41 heavy (non-hydrogen) atoms. The molecule has 1 saturated carbocycles. The normalized spacial score (nSPS) is 26.6. The number of fused-ring (bicyclic) bond motifs is 1. The second-order valence-electron chi connectivity index (χ2n) is 10.5. The van der Waals surface area contributed by atoms with Crippen LogP contribution in [0.2, 0.25) is 0 Å². The molecule has 3 heterocycles. The molecule has 1 aliphatic carbocycles. The molecule has 5 rings (SSSR count). The molecule has 0 bridgehead atoms. The molecule has 2 aliphatic rings. The van der Waals surface area contributed by atoms with Gasteiger partial charge in [-0.3, -0.25) is 9.32 Å². The van der Waals surface area contributed by atoms with E-state index in [1.165, 1.54) is 13.3 Å². The van der Waals surface area contributed by atoms with Crippen molar-refractivity contribution in [3.63, 3.8) is 0 Å². The monoisotopic (exact) mass is 583 g/mol. The maximum Gasteiger partial charge on any atom is 0.459 e. The maximum absolute atomic E-state index is 14.0. The molecule has 1 saturated heterocycles. The number of nitrogens with two attached hydrogens (primary N) is 2. The number of carbonyl (C=O) groups excluding carboxylic acids is 1. The summed E-state index contributed by atoms with van der Waals surface area (Å²) in [5, 5.41) is 17.0. The fraction of sp³-hybridized carbons (Fsp3) is 0.481. The van der Waals surface area contributed by atoms with Gasteiger partial charge in [-0.1, -0.05) is 18.2 Å². The number of aromatic nitrogens is 3. The lowest BCUT2D eigenvalue weighted by Crippen LogP contribution is -2.40. The van der Waals surface area contributed by atoms with E-state index in [2.05, 4.69) is 21.2 Å². The van der Waals surface area contributed by atoms with Gasteiger partial charge in [-0.05, 0) is 69.7 Å². The first-order valence-corrected chi connectivity index (χ1v) is 15.1. The number of esters is 1. The number of benzene rings is 1. The molecule has 2 aromatic heterocycles. The van der Waals surface area contributed by atoms with Crippen LogP contribution in [0.25, 0.3) is 5.52 Å². The van der Waals surface area contributed by atoms with E-state index in [1.807, 2.05) is 6.07 Å². The SMILES string of the molecule is C[C@H](NP(=O)(OC[C@]1(C#N)CC[C@H](c2ccc3c(N)ncnn23)O1)Oc1ccccc1)C(=O)O[C@H]1CC[C@H](N)CC1. The molecule has 3 aromatic rings. The van der Waals surface area contributed by atoms with E-state index >= 15 is 0 Å². The highest BCUT2D eigenvalue weighted by Crippen LogP contribution is 2.48. The molecule has 1 aliphatic heterocycles. The fourth-order valence-corrected chi connectivity index (χ4v) is 6.60. The minimum Gasteiger partial charge on any atom is -0.461 e. The Labute approximate surface area is 237 Å². The van der Waals surface area contributed by atoms with Gasteiger partial charge in [-0.15, -0.1) is 0 Å². The lowest BCUT2D eigenvalue weighted by molar-refractivity contribution is -0.152. The minimum atomic E-state index is -4.19. The summed E-state index contributed by atoms with van der Waals surface area (Å²) in [6.07, 6.45) is 4.28. The largest absolute Gasteiger partial charge is 0.461 e. The fourth-order valence-electron chi connectivity index (χ4n) is 5.06. The first-order chi connectivity index (χ1) is 19.7. The van der Waals surface area contributed by atoms with Crippen LogP contribution in [0.1, 0.15) is 57.2 Å². The average molecular weight is 584 g/mol. The van der Waals surface area contributed by atoms with Gasteiger partial charge in [0.25, 0.3) is 0 Å². The number of hydrogen-bond donors (Lipinski definition) is 3. The van der Waals surface area contributed by atoms with Crippen molar-refractivity contribution in [3.8, 4) is 11.8 Å². The zero-order chi connectivity index (χ0) is 29.0. The summed E-state index contributed by atoms with van der Waals surface area (Å²) in [5.74, 6) is 0.00161. The summed E-state index contributed by atoms with van der Waals surface area (Å²) in [6, 6.07) is 13.3. The number of nitrogen functional groups attached to an aromatic ring is 1. The van der Waals surface area contributed by atoms with Gasteiger partial charge in [-0.25, -0.2) is 14.1 Å². The molecular formula is C27H34N7O6P. The van der Waals surface area contributed by atoms with Crippen molar-refractivity contribution >= 4 is 25.1 Å². The van der Waals surface area contributed by atoms with E-state index in [0.717, 1.165) is 12.8 Å². The van der Waals surface area contributed by atoms with Gasteiger partial charge < -0.3 is 25.5 Å². The Bertz CT molecular complexity index is 1460. The molecule has 14 heteroatoms. The van der Waals surface area contributed by atoms with Crippen LogP contribution in [-0.2, 0) is 23.4 Å². The summed E-state index contributed by atoms with van der Waals surface area (Å²) in [6.45, 7) is 1.15. The van der Waals surface area contributed by atoms with Crippen molar-refractivity contribution < 1.29 is 27.9 Å². The van der Waals surface area contributed by atoms with Crippen LogP contribution in [0, 0.1) is 11.3 Å². The van der Waals surface area contributed by atoms with E-state index in [0.29, 0.717) is 42.7 Å². The van der Waals surface area contributed by atoms with Crippen molar-refractivity contribution in [1.29, 1.82) is 5.26 Å². The predicted octanol–water partition coefficient (Wildman–Crippen LogP) is 3.42. The van der Waals surface area contributed by atoms with E-state index in [-0.39, 0.29) is 24.5 Å². The number of nitriles is 1. The number of hydrogen-bond acceptors (Lipinski definition) is 11. The summed E-state index contributed by atoms with van der Waals surface area (Å²) in [4.78, 5) is 16.9. The lowest BCUT2D eigenvalue weighted by atomic mass is 9.94. The van der Waals surface area contributed by atoms with E-state index in [9.17, 15) is 14.6 Å². The zero-order valence-corrected chi connectivity index (χ0v) is 23.6. The Hall–Kier alpha value is -3.53. The Kier molecular flexibility index (Phi) is 8.58. The number of nitrogens with zero attached hydrogens (tertiary/aromatic N) is 4. The molecule has 13 nitrogen and oxygen atoms in total. The summed E-state index contributed by atoms with van der Waals surface area (Å²) in [7, 11) is -4.19. The van der Waals surface area contributed by atoms with Crippen molar-refractivity contribution in [2.24, 2.45) is 5.73 Å². The van der Waals surface area contributed by atoms with Gasteiger partial charge in [0.05, 0.1) is 5.69 Å². The van der Waals surface area contributed by atoms with E-state index < -0.39 is 31.5 Å². The van der Waals surface area contributed by atoms with Crippen molar-refractivity contribution in [2.75, 3.05) is 12.3 Å². The molecule has 0 spiro atoms. The Balaban J connectivity index is 1.28. The quantitative estimate of drug-likeness (QED) is 0.233. The number of carbonyl (C=O) groups is 1. The highest BCUT2D eigenvalue weighted by atomic mass is 31.2. The van der Waals surface area contributed by atoms with Crippen molar-refractivity contribution in [1.82, 2.24) is 19.7 Å². The standard InChI is InChI=1S/C27H34N7O6P/c1-18(26(35)38-20-9-7-19(29)8-10-20)33-41(36,40-21-5-3-2-4-6-21)37-16-27(15-28)14-13-24(39-27)22-11-12-23-25(30)31-17-32-34(22)23/h2-6,11-12,17-20,24H,7-10,13-14,16,29H2,1H3,(H,33,36)(H2,30,31,32)/t18-,19-,20-,24+,27+,41?/m0/s1. The van der Waals surface area contributed by atoms with Gasteiger partial charge in [-0.2, -0.15) is 15.4 Å². The Morgan fingerprint density at radius 3 is 2.73 bits per heavy atom. The highest BCUT2D eigenvalue weighted by Gasteiger charge is 2.45. The second-order valence-corrected chi connectivity index (χ2v) is 12.1. The average Bonchev–Trinajstić information content (AvgIpc) is 3.59. The third-order valence-electron chi connectivity index (χ3n) is 7.37. The topological polar surface area (TPSA) is 189 Å². The molecular weight excluding hydrogens is 549 g/mol. The molecule has 0 amide bonds. The molecule has 5 N–H and O–H groups in total. The lowest BCUT2D eigenvalue weighted by Gasteiger charge is -2.29. The number of rotatable bonds is 10. The minimum absolute atomic E-state index is 0.112. The van der Waals surface area contributed by atoms with Crippen molar-refractivity contribution in [2.45, 2.75) is 75.3 Å². The highest BCUT2D eigenvalue weighted by molar-refractivity contribution is 7.52. The molecule has 218 valence electrons. The molecule has 4 atom stereocenters. The van der Waals surface area contributed by atoms with Gasteiger partial charge in [0.2, 0.25) is 0 Å². The number of para-hydroxylation sites is 1. The molecule has 0 radical (unpaired) electrons.